The van der Waals surface area contributed by atoms with E-state index >= 15 is 0 Å². The fourth-order valence-corrected chi connectivity index (χ4v) is 3.23. The molecular weight excluding hydrogens is 336 g/mol. The standard InChI is InChI=1S/C22H28N4O/c1-16-15-21(24-17(2)19-7-5-4-6-8-19)26-22(23,25-16)14-13-18-9-11-20(27-3)12-10-18/h4-12,15,17,25H,13-14,23H2,1-3H3,(H,24,26)/t17-,22?/m0/s1. The van der Waals surface area contributed by atoms with Crippen molar-refractivity contribution in [3.63, 3.8) is 0 Å². The second-order valence-electron chi connectivity index (χ2n) is 7.00. The number of benzene rings is 2. The number of aryl methyl sites for hydroxylation is 1. The first-order chi connectivity index (χ1) is 13.0. The van der Waals surface area contributed by atoms with E-state index in [0.717, 1.165) is 30.1 Å². The lowest BCUT2D eigenvalue weighted by molar-refractivity contribution is 0.306. The first kappa shape index (κ1) is 19.0. The Labute approximate surface area is 161 Å². The minimum absolute atomic E-state index is 0.0571. The quantitative estimate of drug-likeness (QED) is 0.734. The number of hydrogen-bond donors (Lipinski definition) is 3. The number of nitrogens with zero attached hydrogens (tertiary/aromatic N) is 1. The predicted octanol–water partition coefficient (Wildman–Crippen LogP) is 3.50. The third-order valence-corrected chi connectivity index (χ3v) is 4.71. The van der Waals surface area contributed by atoms with Gasteiger partial charge < -0.3 is 15.4 Å². The van der Waals surface area contributed by atoms with E-state index in [0.29, 0.717) is 0 Å². The number of nitrogens with two attached hydrogens (primary N) is 1. The molecule has 4 N–H and O–H groups in total. The Kier molecular flexibility index (Phi) is 5.81. The van der Waals surface area contributed by atoms with E-state index in [1.165, 1.54) is 11.1 Å². The molecule has 1 aliphatic rings. The summed E-state index contributed by atoms with van der Waals surface area (Å²) < 4.78 is 5.21. The molecular formula is C22H28N4O. The molecule has 2 aromatic carbocycles. The zero-order chi connectivity index (χ0) is 19.3. The zero-order valence-corrected chi connectivity index (χ0v) is 16.2. The van der Waals surface area contributed by atoms with Gasteiger partial charge in [-0.1, -0.05) is 42.5 Å². The van der Waals surface area contributed by atoms with E-state index in [2.05, 4.69) is 41.8 Å². The molecule has 0 aromatic heterocycles. The normalized spacial score (nSPS) is 21.8. The highest BCUT2D eigenvalue weighted by atomic mass is 16.5. The van der Waals surface area contributed by atoms with Crippen LogP contribution in [0.5, 0.6) is 5.75 Å². The van der Waals surface area contributed by atoms with E-state index in [-0.39, 0.29) is 6.04 Å². The summed E-state index contributed by atoms with van der Waals surface area (Å²) in [5, 5.41) is 6.72. The van der Waals surface area contributed by atoms with Crippen LogP contribution in [-0.4, -0.2) is 18.7 Å². The van der Waals surface area contributed by atoms with Crippen molar-refractivity contribution >= 4 is 5.84 Å². The number of nitrogens with one attached hydrogen (secondary N) is 2. The van der Waals surface area contributed by atoms with Crippen LogP contribution in [0.2, 0.25) is 0 Å². The molecule has 2 atom stereocenters. The van der Waals surface area contributed by atoms with E-state index in [1.54, 1.807) is 7.11 Å². The number of hydrogen-bond acceptors (Lipinski definition) is 4. The summed E-state index contributed by atoms with van der Waals surface area (Å²) in [7, 11) is 1.67. The Morgan fingerprint density at radius 1 is 1.07 bits per heavy atom. The fraction of sp³-hybridized carbons (Fsp3) is 0.318. The number of allylic oxidation sites excluding steroid dienone is 1. The number of methoxy groups -OCH3 is 1. The lowest BCUT2D eigenvalue weighted by atomic mass is 10.0. The van der Waals surface area contributed by atoms with E-state index in [4.69, 9.17) is 15.5 Å². The van der Waals surface area contributed by atoms with Crippen LogP contribution in [0.25, 0.3) is 0 Å². The van der Waals surface area contributed by atoms with Crippen LogP contribution in [0.3, 0.4) is 0 Å². The van der Waals surface area contributed by atoms with E-state index in [1.807, 2.05) is 43.3 Å². The molecule has 27 heavy (non-hydrogen) atoms. The molecule has 1 heterocycles. The van der Waals surface area contributed by atoms with E-state index in [9.17, 15) is 0 Å². The lowest BCUT2D eigenvalue weighted by Crippen LogP contribution is -2.67. The van der Waals surface area contributed by atoms with Gasteiger partial charge in [-0.05, 0) is 49.6 Å². The van der Waals surface area contributed by atoms with Gasteiger partial charge in [0, 0.05) is 12.1 Å². The van der Waals surface area contributed by atoms with Crippen molar-refractivity contribution < 1.29 is 4.74 Å². The van der Waals surface area contributed by atoms with Gasteiger partial charge in [-0.3, -0.25) is 10.7 Å². The Balaban J connectivity index is 1.69. The van der Waals surface area contributed by atoms with E-state index < -0.39 is 5.79 Å². The maximum atomic E-state index is 6.59. The summed E-state index contributed by atoms with van der Waals surface area (Å²) in [6, 6.07) is 18.4. The fourth-order valence-electron chi connectivity index (χ4n) is 3.23. The largest absolute Gasteiger partial charge is 0.497 e. The number of aliphatic imine (C=N–C) groups is 1. The average Bonchev–Trinajstić information content (AvgIpc) is 2.67. The number of rotatable bonds is 6. The topological polar surface area (TPSA) is 71.7 Å². The van der Waals surface area contributed by atoms with Crippen molar-refractivity contribution in [1.82, 2.24) is 10.6 Å². The summed E-state index contributed by atoms with van der Waals surface area (Å²) in [4.78, 5) is 4.82. The molecule has 2 aromatic rings. The van der Waals surface area contributed by atoms with Crippen molar-refractivity contribution in [2.75, 3.05) is 7.11 Å². The highest BCUT2D eigenvalue weighted by Crippen LogP contribution is 2.19. The maximum absolute atomic E-state index is 6.59. The van der Waals surface area contributed by atoms with Crippen molar-refractivity contribution in [3.8, 4) is 5.75 Å². The molecule has 1 unspecified atom stereocenters. The van der Waals surface area contributed by atoms with Crippen LogP contribution in [0.1, 0.15) is 37.4 Å². The number of amidine groups is 1. The van der Waals surface area contributed by atoms with Gasteiger partial charge in [0.1, 0.15) is 11.6 Å². The van der Waals surface area contributed by atoms with Crippen LogP contribution in [0.15, 0.2) is 71.4 Å². The third kappa shape index (κ3) is 5.11. The highest BCUT2D eigenvalue weighted by Gasteiger charge is 2.28. The second-order valence-corrected chi connectivity index (χ2v) is 7.00. The zero-order valence-electron chi connectivity index (χ0n) is 16.2. The van der Waals surface area contributed by atoms with Crippen molar-refractivity contribution in [2.24, 2.45) is 10.7 Å². The minimum Gasteiger partial charge on any atom is -0.497 e. The Morgan fingerprint density at radius 2 is 1.78 bits per heavy atom. The van der Waals surface area contributed by atoms with Crippen LogP contribution in [-0.2, 0) is 6.42 Å². The Bertz CT molecular complexity index is 814. The smallest absolute Gasteiger partial charge is 0.162 e. The van der Waals surface area contributed by atoms with Gasteiger partial charge in [0.2, 0.25) is 0 Å². The van der Waals surface area contributed by atoms with Gasteiger partial charge in [-0.2, -0.15) is 0 Å². The molecule has 0 saturated heterocycles. The summed E-state index contributed by atoms with van der Waals surface area (Å²) in [5.74, 6) is 0.937. The number of ether oxygens (including phenoxy) is 1. The van der Waals surface area contributed by atoms with Crippen LogP contribution in [0, 0.1) is 0 Å². The molecule has 5 nitrogen and oxygen atoms in total. The molecule has 142 valence electrons. The highest BCUT2D eigenvalue weighted by molar-refractivity contribution is 5.95. The first-order valence-electron chi connectivity index (χ1n) is 9.27. The van der Waals surface area contributed by atoms with Crippen LogP contribution >= 0.6 is 0 Å². The molecule has 0 fully saturated rings. The Hall–Kier alpha value is -2.79. The molecule has 0 bridgehead atoms. The molecule has 0 amide bonds. The van der Waals surface area contributed by atoms with Gasteiger partial charge in [-0.15, -0.1) is 0 Å². The first-order valence-corrected chi connectivity index (χ1v) is 9.27. The minimum atomic E-state index is -0.728. The second kappa shape index (κ2) is 8.27. The van der Waals surface area contributed by atoms with Gasteiger partial charge in [0.25, 0.3) is 0 Å². The van der Waals surface area contributed by atoms with Gasteiger partial charge in [-0.25, -0.2) is 0 Å². The lowest BCUT2D eigenvalue weighted by Gasteiger charge is -2.37. The summed E-state index contributed by atoms with van der Waals surface area (Å²) in [5.41, 5.74) is 9.99. The monoisotopic (exact) mass is 364 g/mol. The molecule has 0 spiro atoms. The maximum Gasteiger partial charge on any atom is 0.162 e. The van der Waals surface area contributed by atoms with Gasteiger partial charge in [0.05, 0.1) is 13.2 Å². The summed E-state index contributed by atoms with van der Waals surface area (Å²) in [6.45, 7) is 4.10. The van der Waals surface area contributed by atoms with Crippen molar-refractivity contribution in [3.05, 3.63) is 77.5 Å². The van der Waals surface area contributed by atoms with Gasteiger partial charge >= 0.3 is 0 Å². The Morgan fingerprint density at radius 3 is 2.44 bits per heavy atom. The molecule has 3 rings (SSSR count). The van der Waals surface area contributed by atoms with Gasteiger partial charge in [0.15, 0.2) is 5.79 Å². The van der Waals surface area contributed by atoms with Crippen LogP contribution < -0.4 is 21.1 Å². The molecule has 0 radical (unpaired) electrons. The molecule has 5 heteroatoms. The van der Waals surface area contributed by atoms with Crippen LogP contribution in [0.4, 0.5) is 0 Å². The van der Waals surface area contributed by atoms with Crippen molar-refractivity contribution in [1.29, 1.82) is 0 Å². The third-order valence-electron chi connectivity index (χ3n) is 4.71. The molecule has 0 aliphatic carbocycles. The SMILES string of the molecule is COc1ccc(CCC2(N)NC(C)=CC(=N[C@@H](C)c3ccccc3)N2)cc1. The average molecular weight is 364 g/mol. The predicted molar refractivity (Wildman–Crippen MR) is 111 cm³/mol. The molecule has 1 aliphatic heterocycles. The summed E-state index contributed by atoms with van der Waals surface area (Å²) >= 11 is 0. The summed E-state index contributed by atoms with van der Waals surface area (Å²) in [6.07, 6.45) is 3.57. The van der Waals surface area contributed by atoms with Crippen molar-refractivity contribution in [2.45, 2.75) is 38.5 Å². The molecule has 0 saturated carbocycles.